The zero-order valence-electron chi connectivity index (χ0n) is 16.6. The third-order valence-corrected chi connectivity index (χ3v) is 5.50. The molecule has 1 fully saturated rings. The van der Waals surface area contributed by atoms with Crippen molar-refractivity contribution in [1.29, 1.82) is 0 Å². The maximum absolute atomic E-state index is 12.8. The van der Waals surface area contributed by atoms with Gasteiger partial charge in [0.15, 0.2) is 0 Å². The van der Waals surface area contributed by atoms with E-state index in [1.807, 2.05) is 25.3 Å². The smallest absolute Gasteiger partial charge is 0.258 e. The molecule has 4 aromatic heterocycles. The van der Waals surface area contributed by atoms with Gasteiger partial charge in [0.2, 0.25) is 0 Å². The monoisotopic (exact) mass is 390 g/mol. The van der Waals surface area contributed by atoms with Gasteiger partial charge in [-0.25, -0.2) is 14.5 Å². The van der Waals surface area contributed by atoms with E-state index in [4.69, 9.17) is 0 Å². The second kappa shape index (κ2) is 6.63. The maximum Gasteiger partial charge on any atom is 0.258 e. The lowest BCUT2D eigenvalue weighted by atomic mass is 10.2. The van der Waals surface area contributed by atoms with Gasteiger partial charge in [0.1, 0.15) is 11.5 Å². The van der Waals surface area contributed by atoms with Crippen LogP contribution in [0.25, 0.3) is 22.7 Å². The minimum absolute atomic E-state index is 0.120. The summed E-state index contributed by atoms with van der Waals surface area (Å²) in [6.07, 6.45) is 6.46. The molecule has 5 rings (SSSR count). The number of pyridine rings is 1. The van der Waals surface area contributed by atoms with E-state index in [9.17, 15) is 4.79 Å². The van der Waals surface area contributed by atoms with Gasteiger partial charge in [-0.2, -0.15) is 10.1 Å². The van der Waals surface area contributed by atoms with Crippen LogP contribution in [0.4, 0.5) is 5.69 Å². The van der Waals surface area contributed by atoms with Gasteiger partial charge in [-0.15, -0.1) is 0 Å². The summed E-state index contributed by atoms with van der Waals surface area (Å²) in [4.78, 5) is 30.6. The first-order valence-electron chi connectivity index (χ1n) is 9.62. The molecule has 5 heterocycles. The molecule has 1 unspecified atom stereocenters. The summed E-state index contributed by atoms with van der Waals surface area (Å²) >= 11 is 0. The van der Waals surface area contributed by atoms with Gasteiger partial charge in [-0.1, -0.05) is 0 Å². The molecule has 1 saturated heterocycles. The van der Waals surface area contributed by atoms with E-state index < -0.39 is 0 Å². The lowest BCUT2D eigenvalue weighted by Gasteiger charge is -2.22. The van der Waals surface area contributed by atoms with Crippen LogP contribution in [-0.4, -0.2) is 67.1 Å². The van der Waals surface area contributed by atoms with Gasteiger partial charge >= 0.3 is 0 Å². The molecule has 0 bridgehead atoms. The normalized spacial score (nSPS) is 17.1. The summed E-state index contributed by atoms with van der Waals surface area (Å²) in [6.45, 7) is 3.76. The van der Waals surface area contributed by atoms with Crippen molar-refractivity contribution in [3.05, 3.63) is 53.0 Å². The lowest BCUT2D eigenvalue weighted by molar-refractivity contribution is 0.315. The molecule has 29 heavy (non-hydrogen) atoms. The van der Waals surface area contributed by atoms with Crippen molar-refractivity contribution in [3.8, 4) is 11.3 Å². The highest BCUT2D eigenvalue weighted by Gasteiger charge is 2.24. The molecule has 1 atom stereocenters. The predicted molar refractivity (Wildman–Crippen MR) is 110 cm³/mol. The van der Waals surface area contributed by atoms with Crippen LogP contribution in [0, 0.1) is 6.92 Å². The van der Waals surface area contributed by atoms with Gasteiger partial charge in [0.25, 0.3) is 11.3 Å². The molecule has 0 saturated carbocycles. The van der Waals surface area contributed by atoms with E-state index >= 15 is 0 Å². The van der Waals surface area contributed by atoms with Crippen LogP contribution in [0.1, 0.15) is 12.2 Å². The topological polar surface area (TPSA) is 83.9 Å². The van der Waals surface area contributed by atoms with Crippen LogP contribution in [0.5, 0.6) is 0 Å². The molecule has 1 aliphatic rings. The Morgan fingerprint density at radius 1 is 1.17 bits per heavy atom. The minimum atomic E-state index is -0.120. The molecule has 148 valence electrons. The molecule has 0 N–H and O–H groups in total. The Labute approximate surface area is 167 Å². The Morgan fingerprint density at radius 2 is 2.03 bits per heavy atom. The molecule has 0 amide bonds. The highest BCUT2D eigenvalue weighted by molar-refractivity contribution is 5.62. The molecule has 4 aromatic rings. The van der Waals surface area contributed by atoms with Crippen LogP contribution in [0.15, 0.2) is 41.6 Å². The first-order chi connectivity index (χ1) is 14.0. The number of nitrogens with zero attached hydrogens (tertiary/aromatic N) is 8. The standard InChI is InChI=1S/C20H22N8O/c1-13-22-20-21-9-14(10-28(20)24-13)17-8-19(29)27-12-16(4-5-18(27)23-17)26-7-6-15(11-26)25(2)3/h4-5,8-10,12,15H,6-7,11H2,1-3H3. The molecule has 0 spiro atoms. The Hall–Kier alpha value is -3.33. The predicted octanol–water partition coefficient (Wildman–Crippen LogP) is 1.25. The fraction of sp³-hybridized carbons (Fsp3) is 0.350. The van der Waals surface area contributed by atoms with Crippen LogP contribution in [0.2, 0.25) is 0 Å². The van der Waals surface area contributed by atoms with Crippen LogP contribution < -0.4 is 10.5 Å². The maximum atomic E-state index is 12.8. The first kappa shape index (κ1) is 17.7. The van der Waals surface area contributed by atoms with Gasteiger partial charge in [0.05, 0.1) is 11.4 Å². The number of hydrogen-bond donors (Lipinski definition) is 0. The zero-order valence-corrected chi connectivity index (χ0v) is 16.6. The summed E-state index contributed by atoms with van der Waals surface area (Å²) in [5.74, 6) is 1.17. The van der Waals surface area contributed by atoms with E-state index in [0.717, 1.165) is 30.8 Å². The number of rotatable bonds is 3. The zero-order chi connectivity index (χ0) is 20.1. The number of aromatic nitrogens is 6. The highest BCUT2D eigenvalue weighted by atomic mass is 16.1. The number of fused-ring (bicyclic) bond motifs is 2. The molecule has 9 heteroatoms. The van der Waals surface area contributed by atoms with Crippen LogP contribution in [-0.2, 0) is 0 Å². The number of anilines is 1. The molecule has 0 aliphatic carbocycles. The molecule has 0 aromatic carbocycles. The van der Waals surface area contributed by atoms with Crippen LogP contribution in [0.3, 0.4) is 0 Å². The number of likely N-dealkylation sites (N-methyl/N-ethyl adjacent to an activating group) is 1. The second-order valence-corrected chi connectivity index (χ2v) is 7.69. The molecule has 0 radical (unpaired) electrons. The largest absolute Gasteiger partial charge is 0.369 e. The van der Waals surface area contributed by atoms with E-state index in [1.54, 1.807) is 21.3 Å². The van der Waals surface area contributed by atoms with Gasteiger partial charge in [-0.05, 0) is 39.6 Å². The van der Waals surface area contributed by atoms with Crippen molar-refractivity contribution in [2.75, 3.05) is 32.1 Å². The Bertz CT molecular complexity index is 1270. The summed E-state index contributed by atoms with van der Waals surface area (Å²) in [6, 6.07) is 6.00. The SMILES string of the molecule is Cc1nc2ncc(-c3cc(=O)n4cc(N5CCC(N(C)C)C5)ccc4n3)cn2n1. The van der Waals surface area contributed by atoms with Crippen molar-refractivity contribution in [3.63, 3.8) is 0 Å². The van der Waals surface area contributed by atoms with Gasteiger partial charge in [-0.3, -0.25) is 9.20 Å². The van der Waals surface area contributed by atoms with Crippen molar-refractivity contribution >= 4 is 17.1 Å². The first-order valence-corrected chi connectivity index (χ1v) is 9.62. The highest BCUT2D eigenvalue weighted by Crippen LogP contribution is 2.23. The summed E-state index contributed by atoms with van der Waals surface area (Å²) < 4.78 is 3.21. The van der Waals surface area contributed by atoms with Gasteiger partial charge < -0.3 is 9.80 Å². The summed E-state index contributed by atoms with van der Waals surface area (Å²) in [7, 11) is 4.22. The third kappa shape index (κ3) is 3.13. The molecular formula is C20H22N8O. The Balaban J connectivity index is 1.52. The van der Waals surface area contributed by atoms with E-state index in [1.165, 1.54) is 6.07 Å². The average Bonchev–Trinajstić information content (AvgIpc) is 3.33. The van der Waals surface area contributed by atoms with Gasteiger partial charge in [0, 0.05) is 49.4 Å². The molecular weight excluding hydrogens is 368 g/mol. The van der Waals surface area contributed by atoms with E-state index in [-0.39, 0.29) is 5.56 Å². The van der Waals surface area contributed by atoms with Crippen molar-refractivity contribution in [2.45, 2.75) is 19.4 Å². The number of aryl methyl sites for hydroxylation is 1. The van der Waals surface area contributed by atoms with E-state index in [2.05, 4.69) is 43.9 Å². The second-order valence-electron chi connectivity index (χ2n) is 7.69. The summed E-state index contributed by atoms with van der Waals surface area (Å²) in [5, 5.41) is 4.28. The van der Waals surface area contributed by atoms with Crippen LogP contribution >= 0.6 is 0 Å². The minimum Gasteiger partial charge on any atom is -0.369 e. The Kier molecular flexibility index (Phi) is 4.06. The molecule has 9 nitrogen and oxygen atoms in total. The van der Waals surface area contributed by atoms with E-state index in [0.29, 0.717) is 29.0 Å². The van der Waals surface area contributed by atoms with Crippen molar-refractivity contribution < 1.29 is 0 Å². The fourth-order valence-electron chi connectivity index (χ4n) is 3.84. The fourth-order valence-corrected chi connectivity index (χ4v) is 3.84. The van der Waals surface area contributed by atoms with Crippen molar-refractivity contribution in [1.82, 2.24) is 33.9 Å². The Morgan fingerprint density at radius 3 is 2.83 bits per heavy atom. The average molecular weight is 390 g/mol. The summed E-state index contributed by atoms with van der Waals surface area (Å²) in [5.41, 5.74) is 2.82. The van der Waals surface area contributed by atoms with Crippen molar-refractivity contribution in [2.24, 2.45) is 0 Å². The number of hydrogen-bond acceptors (Lipinski definition) is 7. The third-order valence-electron chi connectivity index (χ3n) is 5.50. The lowest BCUT2D eigenvalue weighted by Crippen LogP contribution is -2.31. The quantitative estimate of drug-likeness (QED) is 0.520. The molecule has 1 aliphatic heterocycles.